The Morgan fingerprint density at radius 2 is 0.811 bits per heavy atom. The van der Waals surface area contributed by atoms with Gasteiger partial charge in [0.2, 0.25) is 6.79 Å². The van der Waals surface area contributed by atoms with Gasteiger partial charge in [0.25, 0.3) is 11.8 Å². The molecule has 0 bridgehead atoms. The number of furan rings is 1. The van der Waals surface area contributed by atoms with Gasteiger partial charge in [-0.1, -0.05) is 311 Å². The second-order valence-electron chi connectivity index (χ2n) is 35.8. The summed E-state index contributed by atoms with van der Waals surface area (Å²) in [4.78, 5) is 25.3. The summed E-state index contributed by atoms with van der Waals surface area (Å²) < 4.78 is 47.0. The quantitative estimate of drug-likeness (QED) is 0.0507. The molecule has 0 saturated carbocycles. The highest BCUT2D eigenvalue weighted by Crippen LogP contribution is 2.37. The van der Waals surface area contributed by atoms with Crippen molar-refractivity contribution >= 4 is 11.8 Å². The zero-order valence-electron chi connectivity index (χ0n) is 78.0. The summed E-state index contributed by atoms with van der Waals surface area (Å²) in [7, 11) is 0. The number of ether oxygens (including phenoxy) is 5. The van der Waals surface area contributed by atoms with Crippen molar-refractivity contribution in [1.29, 1.82) is 10.5 Å². The second kappa shape index (κ2) is 53.1. The molecule has 0 radical (unpaired) electrons. The van der Waals surface area contributed by atoms with Crippen molar-refractivity contribution < 1.29 is 42.1 Å². The fraction of sp³-hybridized carbons (Fsp3) is 0.339. The number of imide groups is 1. The summed E-state index contributed by atoms with van der Waals surface area (Å²) in [6.07, 6.45) is 12.1. The lowest BCUT2D eigenvalue weighted by molar-refractivity contribution is -0.138. The van der Waals surface area contributed by atoms with Gasteiger partial charge in [-0.2, -0.15) is 10.5 Å². The molecule has 3 heterocycles. The molecule has 127 heavy (non-hydrogen) atoms. The summed E-state index contributed by atoms with van der Waals surface area (Å²) in [6.45, 7) is 37.6. The number of hydrogen-bond acceptors (Lipinski definition) is 10. The molecule has 0 fully saturated rings. The number of nitrogens with zero attached hydrogens (tertiary/aromatic N) is 3. The van der Waals surface area contributed by atoms with Gasteiger partial charge >= 0.3 is 0 Å². The van der Waals surface area contributed by atoms with Crippen LogP contribution in [-0.4, -0.2) is 30.1 Å². The van der Waals surface area contributed by atoms with Crippen LogP contribution < -0.4 is 23.7 Å². The van der Waals surface area contributed by atoms with Gasteiger partial charge in [0.15, 0.2) is 23.1 Å². The predicted octanol–water partition coefficient (Wildman–Crippen LogP) is 30.6. The van der Waals surface area contributed by atoms with Crippen LogP contribution in [0.5, 0.6) is 46.0 Å². The number of hydrogen-bond donors (Lipinski definition) is 0. The van der Waals surface area contributed by atoms with Crippen LogP contribution in [0.3, 0.4) is 0 Å². The zero-order chi connectivity index (χ0) is 91.6. The Bertz CT molecular complexity index is 5330. The van der Waals surface area contributed by atoms with E-state index in [0.29, 0.717) is 48.7 Å². The standard InChI is InChI=1S/C17H16FNO.C17H17NO.C17H20.C16H18O.C15H18O.C12H17NO2.C11H14O2.C10H14/c1-12(2)15(11-19)13-8-9-16(18)17(10-13)20-14-6-4-3-5-7-14;1-13(2)17(12-18)14-7-6-10-16(11-14)19-15-8-4-3-5-9-15;1-13(2)12-16-10-7-11-17(14(16)3)15-8-5-4-6-9-15;1-13(2)11-14-7-6-10-16(12-14)17-15-8-4-3-5-9-15;1-12(2)8-14-10-15(16-11-14)9-13-6-4-3-5-7-13;1-8(2)7-13-11(14)9-5-3-4-6-10(9)12(13)15;1-8(2)5-9-3-4-10-11(6-9)13-7-12-10;1-9(2)8-10-6-4-3-5-7-10/h3-10,12,15H,1-2H3;3-11,13,17H,1-2H3;4-11,13H,12H2,1-3H3;3-10,12-13H,11H2,1-2H3;3-7,10-12H,8-9H2,1-2H3;8H,3-7H2,1-2H3;3-4,6,8H,5,7H2,1-2H3;3-7,9H,8H2,1-2H3/t15-;17-;;;;;;/m00....../s1. The molecule has 15 rings (SSSR count). The van der Waals surface area contributed by atoms with E-state index in [1.165, 1.54) is 67.5 Å². The molecule has 0 unspecified atom stereocenters. The van der Waals surface area contributed by atoms with E-state index < -0.39 is 5.82 Å². The number of carbonyl (C=O) groups excluding carboxylic acids is 2. The lowest BCUT2D eigenvalue weighted by atomic mass is 9.90. The van der Waals surface area contributed by atoms with Crippen LogP contribution in [0.15, 0.2) is 313 Å². The van der Waals surface area contributed by atoms with E-state index in [1.54, 1.807) is 24.3 Å². The van der Waals surface area contributed by atoms with Gasteiger partial charge < -0.3 is 28.1 Å². The number of nitriles is 2. The normalized spacial score (nSPS) is 12.7. The van der Waals surface area contributed by atoms with Crippen LogP contribution in [0.4, 0.5) is 4.39 Å². The van der Waals surface area contributed by atoms with Gasteiger partial charge in [-0.05, 0) is 264 Å². The molecule has 0 saturated heterocycles. The number of halogens is 1. The van der Waals surface area contributed by atoms with Crippen molar-refractivity contribution in [2.24, 2.45) is 47.3 Å². The molecule has 1 aliphatic carbocycles. The first-order valence-electron chi connectivity index (χ1n) is 45.3. The van der Waals surface area contributed by atoms with E-state index in [9.17, 15) is 24.5 Å². The van der Waals surface area contributed by atoms with Gasteiger partial charge in [0.1, 0.15) is 34.5 Å². The Hall–Kier alpha value is -12.5. The molecule has 2 atom stereocenters. The van der Waals surface area contributed by atoms with Crippen molar-refractivity contribution in [2.45, 2.75) is 194 Å². The maximum Gasteiger partial charge on any atom is 0.257 e. The number of rotatable bonds is 25. The maximum absolute atomic E-state index is 13.8. The molecule has 3 aliphatic rings. The number of amides is 2. The van der Waals surface area contributed by atoms with Crippen LogP contribution >= 0.6 is 0 Å². The highest BCUT2D eigenvalue weighted by atomic mass is 19.1. The van der Waals surface area contributed by atoms with Crippen LogP contribution in [0.2, 0.25) is 0 Å². The Labute approximate surface area is 758 Å². The van der Waals surface area contributed by atoms with Crippen LogP contribution in [-0.2, 0) is 48.1 Å². The molecule has 0 spiro atoms. The maximum atomic E-state index is 13.8. The molecule has 12 aromatic rings. The molecule has 12 heteroatoms. The SMILES string of the molecule is CC(C)CN1C(=O)C2=C(CCCC2)C1=O.CC(C)Cc1ccc2c(c1)OCO2.CC(C)Cc1cccc(Oc2ccccc2)c1.CC(C)Cc1ccccc1.CC(C)Cc1coc(Cc2ccccc2)c1.CC(C)[C@H](C#N)c1ccc(F)c(Oc2ccccc2)c1.CC(C)[C@H](C#N)c1cccc(Oc2ccccc2)c1.Cc1c(CC(C)C)cccc1-c1ccccc1. The first kappa shape index (κ1) is 99.9. The first-order valence-corrected chi connectivity index (χ1v) is 45.3. The Morgan fingerprint density at radius 1 is 0.386 bits per heavy atom. The van der Waals surface area contributed by atoms with E-state index in [2.05, 4.69) is 242 Å². The third-order valence-corrected chi connectivity index (χ3v) is 20.9. The highest BCUT2D eigenvalue weighted by Gasteiger charge is 2.39. The summed E-state index contributed by atoms with van der Waals surface area (Å²) in [5.41, 5.74) is 15.6. The molecule has 2 aliphatic heterocycles. The fourth-order valence-corrected chi connectivity index (χ4v) is 15.0. The summed E-state index contributed by atoms with van der Waals surface area (Å²) in [5.74, 6) is 10.4. The average molecular weight is 1710 g/mol. The monoisotopic (exact) mass is 1700 g/mol. The van der Waals surface area contributed by atoms with Crippen molar-refractivity contribution in [3.8, 4) is 69.3 Å². The third kappa shape index (κ3) is 34.7. The minimum atomic E-state index is -0.432. The second-order valence-corrected chi connectivity index (χ2v) is 35.8. The van der Waals surface area contributed by atoms with Gasteiger partial charge in [-0.25, -0.2) is 4.39 Å². The van der Waals surface area contributed by atoms with Gasteiger partial charge in [-0.15, -0.1) is 0 Å². The largest absolute Gasteiger partial charge is 0.469 e. The molecule has 11 nitrogen and oxygen atoms in total. The molecule has 664 valence electrons. The molecule has 0 N–H and O–H groups in total. The highest BCUT2D eigenvalue weighted by molar-refractivity contribution is 6.19. The van der Waals surface area contributed by atoms with E-state index in [1.807, 2.05) is 155 Å². The molecule has 1 aromatic heterocycles. The van der Waals surface area contributed by atoms with Gasteiger partial charge in [0, 0.05) is 24.1 Å². The Morgan fingerprint density at radius 3 is 1.31 bits per heavy atom. The molecule has 2 amide bonds. The molecule has 11 aromatic carbocycles. The van der Waals surface area contributed by atoms with E-state index in [-0.39, 0.29) is 41.2 Å². The Kier molecular flexibility index (Phi) is 41.8. The van der Waals surface area contributed by atoms with E-state index in [0.717, 1.165) is 126 Å². The van der Waals surface area contributed by atoms with Crippen LogP contribution in [0.1, 0.15) is 204 Å². The number of carbonyl (C=O) groups is 2. The van der Waals surface area contributed by atoms with Crippen molar-refractivity contribution in [2.75, 3.05) is 13.3 Å². The predicted molar refractivity (Wildman–Crippen MR) is 519 cm³/mol. The number of fused-ring (bicyclic) bond motifs is 1. The fourth-order valence-electron chi connectivity index (χ4n) is 15.0. The summed E-state index contributed by atoms with van der Waals surface area (Å²) >= 11 is 0. The smallest absolute Gasteiger partial charge is 0.257 e. The Balaban J connectivity index is 0.000000181. The van der Waals surface area contributed by atoms with Gasteiger partial charge in [0.05, 0.1) is 30.2 Å². The minimum absolute atomic E-state index is 0.0246. The first-order chi connectivity index (χ1) is 61.1. The van der Waals surface area contributed by atoms with E-state index >= 15 is 0 Å². The van der Waals surface area contributed by atoms with Crippen LogP contribution in [0.25, 0.3) is 11.1 Å². The minimum Gasteiger partial charge on any atom is -0.469 e. The molecular formula is C115H134FN3O8. The third-order valence-electron chi connectivity index (χ3n) is 20.9. The van der Waals surface area contributed by atoms with Crippen molar-refractivity contribution in [3.63, 3.8) is 0 Å². The summed E-state index contributed by atoms with van der Waals surface area (Å²) in [6, 6.07) is 100. The number of para-hydroxylation sites is 3. The van der Waals surface area contributed by atoms with Crippen LogP contribution in [0, 0.1) is 82.7 Å². The van der Waals surface area contributed by atoms with Crippen molar-refractivity contribution in [1.82, 2.24) is 4.90 Å². The van der Waals surface area contributed by atoms with Crippen molar-refractivity contribution in [3.05, 3.63) is 370 Å². The topological polar surface area (TPSA) is 144 Å². The molecular weight excluding hydrogens is 1570 g/mol. The van der Waals surface area contributed by atoms with E-state index in [4.69, 9.17) is 28.1 Å². The lowest BCUT2D eigenvalue weighted by Crippen LogP contribution is -2.34. The lowest BCUT2D eigenvalue weighted by Gasteiger charge is -2.16. The van der Waals surface area contributed by atoms with Gasteiger partial charge in [-0.3, -0.25) is 14.5 Å². The number of benzene rings is 11. The summed E-state index contributed by atoms with van der Waals surface area (Å²) in [5, 5.41) is 18.5. The average Bonchev–Trinajstić information content (AvgIpc) is 1.64. The zero-order valence-corrected chi connectivity index (χ0v) is 78.0.